The van der Waals surface area contributed by atoms with Crippen LogP contribution in [0.3, 0.4) is 0 Å². The molecule has 2 aromatic heterocycles. The number of rotatable bonds is 3. The first-order valence-electron chi connectivity index (χ1n) is 17.8. The van der Waals surface area contributed by atoms with E-state index >= 15 is 0 Å². The van der Waals surface area contributed by atoms with Crippen molar-refractivity contribution in [2.75, 3.05) is 0 Å². The van der Waals surface area contributed by atoms with Crippen molar-refractivity contribution in [3.8, 4) is 33.5 Å². The molecule has 0 aliphatic carbocycles. The highest BCUT2D eigenvalue weighted by Crippen LogP contribution is 2.42. The van der Waals surface area contributed by atoms with Gasteiger partial charge in [0.1, 0.15) is 0 Å². The summed E-state index contributed by atoms with van der Waals surface area (Å²) in [7, 11) is 0. The van der Waals surface area contributed by atoms with Gasteiger partial charge in [0.15, 0.2) is 0 Å². The lowest BCUT2D eigenvalue weighted by molar-refractivity contribution is 1.37. The number of fused-ring (bicyclic) bond motifs is 8. The Morgan fingerprint density at radius 2 is 0.788 bits per heavy atom. The van der Waals surface area contributed by atoms with Gasteiger partial charge in [-0.25, -0.2) is 4.98 Å². The van der Waals surface area contributed by atoms with Gasteiger partial charge in [-0.2, -0.15) is 0 Å². The zero-order chi connectivity index (χ0) is 34.2. The van der Waals surface area contributed by atoms with Crippen LogP contribution in [0.15, 0.2) is 182 Å². The molecule has 0 spiro atoms. The number of pyridine rings is 2. The molecule has 0 saturated carbocycles. The number of nitrogens with zero attached hydrogens (tertiary/aromatic N) is 2. The zero-order valence-electron chi connectivity index (χ0n) is 28.2. The molecular formula is C50H30N2. The van der Waals surface area contributed by atoms with E-state index in [2.05, 4.69) is 175 Å². The van der Waals surface area contributed by atoms with Crippen LogP contribution in [-0.2, 0) is 0 Å². The Morgan fingerprint density at radius 1 is 0.288 bits per heavy atom. The monoisotopic (exact) mass is 658 g/mol. The van der Waals surface area contributed by atoms with Gasteiger partial charge >= 0.3 is 0 Å². The minimum atomic E-state index is 0.936. The third kappa shape index (κ3) is 4.44. The van der Waals surface area contributed by atoms with Crippen molar-refractivity contribution in [2.24, 2.45) is 0 Å². The molecule has 2 heterocycles. The van der Waals surface area contributed by atoms with Crippen molar-refractivity contribution in [2.45, 2.75) is 0 Å². The van der Waals surface area contributed by atoms with Gasteiger partial charge in [-0.1, -0.05) is 152 Å². The molecule has 0 N–H and O–H groups in total. The van der Waals surface area contributed by atoms with Gasteiger partial charge in [-0.15, -0.1) is 0 Å². The number of hydrogen-bond donors (Lipinski definition) is 0. The van der Waals surface area contributed by atoms with Crippen molar-refractivity contribution in [3.63, 3.8) is 0 Å². The third-order valence-electron chi connectivity index (χ3n) is 10.8. The second-order valence-corrected chi connectivity index (χ2v) is 13.7. The van der Waals surface area contributed by atoms with Gasteiger partial charge in [0.25, 0.3) is 0 Å². The Balaban J connectivity index is 1.02. The van der Waals surface area contributed by atoms with Crippen molar-refractivity contribution >= 4 is 75.7 Å². The van der Waals surface area contributed by atoms with Gasteiger partial charge < -0.3 is 0 Å². The van der Waals surface area contributed by atoms with Crippen LogP contribution in [0, 0.1) is 0 Å². The highest BCUT2D eigenvalue weighted by atomic mass is 14.7. The van der Waals surface area contributed by atoms with Crippen molar-refractivity contribution in [1.82, 2.24) is 9.97 Å². The second kappa shape index (κ2) is 11.3. The third-order valence-corrected chi connectivity index (χ3v) is 10.8. The van der Waals surface area contributed by atoms with Crippen LogP contribution >= 0.6 is 0 Å². The first kappa shape index (κ1) is 28.9. The van der Waals surface area contributed by atoms with Gasteiger partial charge in [0, 0.05) is 22.5 Å². The fourth-order valence-electron chi connectivity index (χ4n) is 8.32. The van der Waals surface area contributed by atoms with E-state index in [1.165, 1.54) is 76.1 Å². The van der Waals surface area contributed by atoms with Gasteiger partial charge in [-0.05, 0) is 100 Å². The summed E-state index contributed by atoms with van der Waals surface area (Å²) in [5, 5.41) is 15.0. The van der Waals surface area contributed by atoms with E-state index in [0.717, 1.165) is 33.1 Å². The van der Waals surface area contributed by atoms with E-state index < -0.39 is 0 Å². The normalized spacial score (nSPS) is 11.8. The molecule has 0 amide bonds. The van der Waals surface area contributed by atoms with E-state index in [1.807, 2.05) is 12.3 Å². The summed E-state index contributed by atoms with van der Waals surface area (Å²) in [6, 6.07) is 64.1. The smallest absolute Gasteiger partial charge is 0.0972 e. The molecule has 240 valence electrons. The predicted molar refractivity (Wildman–Crippen MR) is 221 cm³/mol. The maximum Gasteiger partial charge on any atom is 0.0972 e. The molecule has 0 bridgehead atoms. The molecule has 9 aromatic carbocycles. The van der Waals surface area contributed by atoms with E-state index in [-0.39, 0.29) is 0 Å². The number of aromatic nitrogens is 2. The number of hydrogen-bond acceptors (Lipinski definition) is 2. The molecule has 11 aromatic rings. The van der Waals surface area contributed by atoms with Gasteiger partial charge in [0.05, 0.1) is 16.7 Å². The summed E-state index contributed by atoms with van der Waals surface area (Å²) in [5.41, 5.74) is 8.69. The van der Waals surface area contributed by atoms with Crippen molar-refractivity contribution in [3.05, 3.63) is 182 Å². The molecule has 0 radical (unpaired) electrons. The SMILES string of the molecule is c1cnc2c(c1)ccc1ccc(-c3ccc(-c4ccc(-c5cc6ccc7cccc8c9ccccc9c9ccccc9c(c5)c6c78)cc4)cc3)nc12. The van der Waals surface area contributed by atoms with Crippen LogP contribution < -0.4 is 0 Å². The molecule has 0 aliphatic rings. The van der Waals surface area contributed by atoms with Crippen LogP contribution in [0.25, 0.3) is 109 Å². The Labute approximate surface area is 300 Å². The lowest BCUT2D eigenvalue weighted by Gasteiger charge is -2.15. The molecule has 11 rings (SSSR count). The maximum absolute atomic E-state index is 5.05. The van der Waals surface area contributed by atoms with E-state index in [9.17, 15) is 0 Å². The predicted octanol–water partition coefficient (Wildman–Crippen LogP) is 13.5. The minimum absolute atomic E-state index is 0.936. The highest BCUT2D eigenvalue weighted by molar-refractivity contribution is 6.33. The molecule has 0 aliphatic heterocycles. The Kier molecular flexibility index (Phi) is 6.28. The van der Waals surface area contributed by atoms with E-state index in [1.54, 1.807) is 0 Å². The van der Waals surface area contributed by atoms with Crippen LogP contribution in [0.1, 0.15) is 0 Å². The summed E-state index contributed by atoms with van der Waals surface area (Å²) in [6.45, 7) is 0. The highest BCUT2D eigenvalue weighted by Gasteiger charge is 2.14. The van der Waals surface area contributed by atoms with E-state index in [0.29, 0.717) is 0 Å². The van der Waals surface area contributed by atoms with E-state index in [4.69, 9.17) is 4.98 Å². The first-order chi connectivity index (χ1) is 25.8. The molecule has 2 nitrogen and oxygen atoms in total. The number of benzene rings is 8. The average Bonchev–Trinajstić information content (AvgIpc) is 3.22. The fourth-order valence-corrected chi connectivity index (χ4v) is 8.32. The molecule has 52 heavy (non-hydrogen) atoms. The summed E-state index contributed by atoms with van der Waals surface area (Å²) in [6.07, 6.45) is 1.84. The van der Waals surface area contributed by atoms with Gasteiger partial charge in [-0.3, -0.25) is 4.98 Å². The molecule has 0 unspecified atom stereocenters. The molecule has 0 saturated heterocycles. The summed E-state index contributed by atoms with van der Waals surface area (Å²) in [5.74, 6) is 0. The topological polar surface area (TPSA) is 25.8 Å². The minimum Gasteiger partial charge on any atom is -0.254 e. The Morgan fingerprint density at radius 3 is 1.50 bits per heavy atom. The van der Waals surface area contributed by atoms with Gasteiger partial charge in [0.2, 0.25) is 0 Å². The average molecular weight is 659 g/mol. The molecule has 0 fully saturated rings. The first-order valence-corrected chi connectivity index (χ1v) is 17.8. The van der Waals surface area contributed by atoms with Crippen LogP contribution in [0.2, 0.25) is 0 Å². The van der Waals surface area contributed by atoms with Crippen LogP contribution in [0.5, 0.6) is 0 Å². The lowest BCUT2D eigenvalue weighted by atomic mass is 9.88. The quantitative estimate of drug-likeness (QED) is 0.177. The standard InChI is InChI=1S/C50H30N2/c1-3-11-42-40(9-1)41-10-2-4-12-43(41)45-30-39(29-38-25-22-35-7-5-13-44(42)47(35)48(38)45)33-16-14-31(15-17-33)32-18-20-34(21-19-32)46-27-26-37-24-23-36-8-6-28-51-49(36)50(37)52-46/h1-30H. The largest absolute Gasteiger partial charge is 0.254 e. The molecule has 2 heteroatoms. The van der Waals surface area contributed by atoms with Crippen molar-refractivity contribution < 1.29 is 0 Å². The second-order valence-electron chi connectivity index (χ2n) is 13.7. The van der Waals surface area contributed by atoms with Crippen LogP contribution in [0.4, 0.5) is 0 Å². The fraction of sp³-hybridized carbons (Fsp3) is 0. The van der Waals surface area contributed by atoms with Crippen molar-refractivity contribution in [1.29, 1.82) is 0 Å². The molecular weight excluding hydrogens is 629 g/mol. The Hall–Kier alpha value is -6.90. The summed E-state index contributed by atoms with van der Waals surface area (Å²) in [4.78, 5) is 9.68. The summed E-state index contributed by atoms with van der Waals surface area (Å²) >= 11 is 0. The molecule has 0 atom stereocenters. The zero-order valence-corrected chi connectivity index (χ0v) is 28.2. The Bertz CT molecular complexity index is 3210. The maximum atomic E-state index is 5.05. The lowest BCUT2D eigenvalue weighted by Crippen LogP contribution is -1.89. The van der Waals surface area contributed by atoms with Crippen LogP contribution in [-0.4, -0.2) is 9.97 Å². The summed E-state index contributed by atoms with van der Waals surface area (Å²) < 4.78 is 0.